The molecular formula is C17H20N2O. The maximum absolute atomic E-state index is 10.9. The lowest BCUT2D eigenvalue weighted by atomic mass is 10.0. The molecule has 20 heavy (non-hydrogen) atoms. The molecular weight excluding hydrogens is 248 g/mol. The molecule has 0 saturated carbocycles. The van der Waals surface area contributed by atoms with Crippen molar-refractivity contribution in [3.05, 3.63) is 66.2 Å². The molecule has 0 fully saturated rings. The van der Waals surface area contributed by atoms with Gasteiger partial charge >= 0.3 is 0 Å². The summed E-state index contributed by atoms with van der Waals surface area (Å²) in [5, 5.41) is 3.52. The number of primary amides is 1. The van der Waals surface area contributed by atoms with Gasteiger partial charge in [-0.1, -0.05) is 48.5 Å². The van der Waals surface area contributed by atoms with Crippen molar-refractivity contribution in [3.63, 3.8) is 0 Å². The molecule has 3 N–H and O–H groups in total. The van der Waals surface area contributed by atoms with Gasteiger partial charge in [0.2, 0.25) is 5.91 Å². The van der Waals surface area contributed by atoms with Crippen LogP contribution in [0.2, 0.25) is 0 Å². The number of benzene rings is 2. The largest absolute Gasteiger partial charge is 0.378 e. The Kier molecular flexibility index (Phi) is 5.18. The molecule has 3 nitrogen and oxygen atoms in total. The van der Waals surface area contributed by atoms with E-state index in [2.05, 4.69) is 17.4 Å². The van der Waals surface area contributed by atoms with Crippen LogP contribution in [0.25, 0.3) is 0 Å². The van der Waals surface area contributed by atoms with E-state index in [-0.39, 0.29) is 11.9 Å². The van der Waals surface area contributed by atoms with Gasteiger partial charge in [-0.3, -0.25) is 4.79 Å². The molecule has 2 aromatic carbocycles. The third-order valence-corrected chi connectivity index (χ3v) is 3.23. The second-order valence-electron chi connectivity index (χ2n) is 4.83. The first-order valence-corrected chi connectivity index (χ1v) is 6.90. The third-order valence-electron chi connectivity index (χ3n) is 3.23. The number of hydrogen-bond donors (Lipinski definition) is 2. The average molecular weight is 268 g/mol. The van der Waals surface area contributed by atoms with Gasteiger partial charge in [-0.05, 0) is 30.5 Å². The molecule has 0 radical (unpaired) electrons. The first-order valence-electron chi connectivity index (χ1n) is 6.90. The summed E-state index contributed by atoms with van der Waals surface area (Å²) in [7, 11) is 0. The molecule has 104 valence electrons. The zero-order valence-corrected chi connectivity index (χ0v) is 11.5. The summed E-state index contributed by atoms with van der Waals surface area (Å²) < 4.78 is 0. The van der Waals surface area contributed by atoms with Crippen molar-refractivity contribution in [3.8, 4) is 0 Å². The number of carbonyl (C=O) groups is 1. The molecule has 0 aliphatic carbocycles. The van der Waals surface area contributed by atoms with Gasteiger partial charge in [-0.2, -0.15) is 0 Å². The summed E-state index contributed by atoms with van der Waals surface area (Å²) in [5.74, 6) is -0.239. The highest BCUT2D eigenvalue weighted by Crippen LogP contribution is 2.24. The normalized spacial score (nSPS) is 11.8. The lowest BCUT2D eigenvalue weighted by Crippen LogP contribution is -2.14. The topological polar surface area (TPSA) is 55.1 Å². The number of amides is 1. The Morgan fingerprint density at radius 2 is 1.60 bits per heavy atom. The zero-order chi connectivity index (χ0) is 14.2. The fourth-order valence-electron chi connectivity index (χ4n) is 2.22. The molecule has 0 heterocycles. The monoisotopic (exact) mass is 268 g/mol. The molecule has 1 atom stereocenters. The summed E-state index contributed by atoms with van der Waals surface area (Å²) in [5.41, 5.74) is 7.52. The second-order valence-corrected chi connectivity index (χ2v) is 4.83. The minimum absolute atomic E-state index is 0.193. The van der Waals surface area contributed by atoms with Gasteiger partial charge < -0.3 is 11.1 Å². The summed E-state index contributed by atoms with van der Waals surface area (Å²) >= 11 is 0. The predicted molar refractivity (Wildman–Crippen MR) is 82.3 cm³/mol. The van der Waals surface area contributed by atoms with Crippen LogP contribution in [0.5, 0.6) is 0 Å². The number of nitrogens with two attached hydrogens (primary N) is 1. The molecule has 2 aromatic rings. The number of para-hydroxylation sites is 1. The molecule has 0 bridgehead atoms. The maximum atomic E-state index is 10.9. The molecule has 0 aliphatic rings. The van der Waals surface area contributed by atoms with Crippen LogP contribution in [0.4, 0.5) is 5.69 Å². The first kappa shape index (κ1) is 14.1. The van der Waals surface area contributed by atoms with E-state index in [0.717, 1.165) is 18.5 Å². The molecule has 1 unspecified atom stereocenters. The quantitative estimate of drug-likeness (QED) is 0.807. The van der Waals surface area contributed by atoms with Gasteiger partial charge in [-0.25, -0.2) is 0 Å². The van der Waals surface area contributed by atoms with Crippen LogP contribution in [0.3, 0.4) is 0 Å². The molecule has 0 aliphatic heterocycles. The van der Waals surface area contributed by atoms with E-state index in [1.807, 2.05) is 48.5 Å². The Morgan fingerprint density at radius 1 is 1.00 bits per heavy atom. The van der Waals surface area contributed by atoms with Crippen molar-refractivity contribution in [1.82, 2.24) is 0 Å². The van der Waals surface area contributed by atoms with Crippen molar-refractivity contribution < 1.29 is 4.79 Å². The minimum atomic E-state index is -0.239. The van der Waals surface area contributed by atoms with Crippen LogP contribution < -0.4 is 11.1 Å². The molecule has 1 amide bonds. The number of hydrogen-bond acceptors (Lipinski definition) is 2. The number of rotatable bonds is 7. The number of carbonyl (C=O) groups excluding carboxylic acids is 1. The number of nitrogens with one attached hydrogen (secondary N) is 1. The van der Waals surface area contributed by atoms with Crippen LogP contribution >= 0.6 is 0 Å². The van der Waals surface area contributed by atoms with E-state index in [1.165, 1.54) is 5.56 Å². The van der Waals surface area contributed by atoms with E-state index in [9.17, 15) is 4.79 Å². The molecule has 0 aromatic heterocycles. The third kappa shape index (κ3) is 4.43. The predicted octanol–water partition coefficient (Wildman–Crippen LogP) is 3.50. The van der Waals surface area contributed by atoms with E-state index < -0.39 is 0 Å². The van der Waals surface area contributed by atoms with Crippen LogP contribution in [0.1, 0.15) is 30.9 Å². The minimum Gasteiger partial charge on any atom is -0.378 e. The van der Waals surface area contributed by atoms with Crippen molar-refractivity contribution in [2.45, 2.75) is 25.3 Å². The fourth-order valence-corrected chi connectivity index (χ4v) is 2.22. The maximum Gasteiger partial charge on any atom is 0.217 e. The van der Waals surface area contributed by atoms with Gasteiger partial charge in [0.15, 0.2) is 0 Å². The summed E-state index contributed by atoms with van der Waals surface area (Å²) in [4.78, 5) is 10.9. The van der Waals surface area contributed by atoms with Gasteiger partial charge in [0.25, 0.3) is 0 Å². The van der Waals surface area contributed by atoms with Gasteiger partial charge in [-0.15, -0.1) is 0 Å². The first-order chi connectivity index (χ1) is 9.75. The van der Waals surface area contributed by atoms with Gasteiger partial charge in [0, 0.05) is 12.1 Å². The SMILES string of the molecule is NC(=O)CCCC(Nc1ccccc1)c1ccccc1. The Balaban J connectivity index is 2.06. The highest BCUT2D eigenvalue weighted by atomic mass is 16.1. The fraction of sp³-hybridized carbons (Fsp3) is 0.235. The van der Waals surface area contributed by atoms with E-state index in [4.69, 9.17) is 5.73 Å². The molecule has 2 rings (SSSR count). The van der Waals surface area contributed by atoms with Crippen molar-refractivity contribution in [2.75, 3.05) is 5.32 Å². The van der Waals surface area contributed by atoms with E-state index in [0.29, 0.717) is 6.42 Å². The Bertz CT molecular complexity index is 525. The summed E-state index contributed by atoms with van der Waals surface area (Å²) in [6.07, 6.45) is 2.09. The van der Waals surface area contributed by atoms with Crippen LogP contribution in [-0.2, 0) is 4.79 Å². The molecule has 0 spiro atoms. The standard InChI is InChI=1S/C17H20N2O/c18-17(20)13-7-12-16(14-8-3-1-4-9-14)19-15-10-5-2-6-11-15/h1-6,8-11,16,19H,7,12-13H2,(H2,18,20). The summed E-state index contributed by atoms with van der Waals surface area (Å²) in [6, 6.07) is 20.6. The zero-order valence-electron chi connectivity index (χ0n) is 11.5. The van der Waals surface area contributed by atoms with Crippen LogP contribution in [0.15, 0.2) is 60.7 Å². The highest BCUT2D eigenvalue weighted by molar-refractivity contribution is 5.73. The van der Waals surface area contributed by atoms with Crippen LogP contribution in [0, 0.1) is 0 Å². The van der Waals surface area contributed by atoms with Crippen molar-refractivity contribution >= 4 is 11.6 Å². The lowest BCUT2D eigenvalue weighted by Gasteiger charge is -2.20. The Hall–Kier alpha value is -2.29. The average Bonchev–Trinajstić information content (AvgIpc) is 2.48. The highest BCUT2D eigenvalue weighted by Gasteiger charge is 2.11. The van der Waals surface area contributed by atoms with Crippen molar-refractivity contribution in [1.29, 1.82) is 0 Å². The molecule has 0 saturated heterocycles. The van der Waals surface area contributed by atoms with Crippen molar-refractivity contribution in [2.24, 2.45) is 5.73 Å². The Labute approximate surface area is 119 Å². The van der Waals surface area contributed by atoms with E-state index in [1.54, 1.807) is 0 Å². The Morgan fingerprint density at radius 3 is 2.20 bits per heavy atom. The lowest BCUT2D eigenvalue weighted by molar-refractivity contribution is -0.118. The number of anilines is 1. The van der Waals surface area contributed by atoms with E-state index >= 15 is 0 Å². The van der Waals surface area contributed by atoms with Crippen LogP contribution in [-0.4, -0.2) is 5.91 Å². The smallest absolute Gasteiger partial charge is 0.217 e. The molecule has 3 heteroatoms. The second kappa shape index (κ2) is 7.34. The summed E-state index contributed by atoms with van der Waals surface area (Å²) in [6.45, 7) is 0. The van der Waals surface area contributed by atoms with Gasteiger partial charge in [0.1, 0.15) is 0 Å². The van der Waals surface area contributed by atoms with Gasteiger partial charge in [0.05, 0.1) is 6.04 Å².